The number of guanidine groups is 1. The molecule has 1 atom stereocenters. The van der Waals surface area contributed by atoms with Crippen LogP contribution in [-0.2, 0) is 6.54 Å². The van der Waals surface area contributed by atoms with Crippen molar-refractivity contribution >= 4 is 17.3 Å². The minimum Gasteiger partial charge on any atom is -0.354 e. The van der Waals surface area contributed by atoms with Crippen molar-refractivity contribution in [1.82, 2.24) is 20.5 Å². The second-order valence-electron chi connectivity index (χ2n) is 7.80. The van der Waals surface area contributed by atoms with Crippen molar-refractivity contribution < 1.29 is 0 Å². The minimum atomic E-state index is 0.369. The summed E-state index contributed by atoms with van der Waals surface area (Å²) in [5, 5.41) is 10.2. The van der Waals surface area contributed by atoms with Crippen molar-refractivity contribution in [3.8, 4) is 0 Å². The van der Waals surface area contributed by atoms with Crippen LogP contribution in [0.1, 0.15) is 60.5 Å². The summed E-state index contributed by atoms with van der Waals surface area (Å²) in [4.78, 5) is 11.7. The maximum Gasteiger partial charge on any atom is 0.191 e. The van der Waals surface area contributed by atoms with Gasteiger partial charge in [0.25, 0.3) is 0 Å². The number of thiazole rings is 1. The molecule has 6 heteroatoms. The van der Waals surface area contributed by atoms with Gasteiger partial charge in [-0.3, -0.25) is 9.89 Å². The number of aryl methyl sites for hydroxylation is 1. The fourth-order valence-electron chi connectivity index (χ4n) is 3.54. The van der Waals surface area contributed by atoms with Crippen molar-refractivity contribution in [2.45, 2.75) is 52.1 Å². The average Bonchev–Trinajstić information content (AvgIpc) is 3.38. The number of aliphatic imine (C=N–C) groups is 1. The number of hydrogen-bond acceptors (Lipinski definition) is 4. The van der Waals surface area contributed by atoms with Crippen LogP contribution in [-0.4, -0.2) is 42.5 Å². The SMILES string of the molecule is CN=C(NCc1nc(C(C)C)cs1)NCC(c1ccc(C)cc1)N1CCCC1. The molecule has 1 aromatic carbocycles. The molecule has 2 aromatic rings. The van der Waals surface area contributed by atoms with E-state index < -0.39 is 0 Å². The smallest absolute Gasteiger partial charge is 0.191 e. The van der Waals surface area contributed by atoms with Crippen LogP contribution >= 0.6 is 11.3 Å². The van der Waals surface area contributed by atoms with Gasteiger partial charge >= 0.3 is 0 Å². The molecule has 1 unspecified atom stereocenters. The number of nitrogens with one attached hydrogen (secondary N) is 2. The molecule has 1 aliphatic heterocycles. The van der Waals surface area contributed by atoms with Gasteiger partial charge < -0.3 is 10.6 Å². The molecule has 1 aromatic heterocycles. The Bertz CT molecular complexity index is 759. The largest absolute Gasteiger partial charge is 0.354 e. The number of nitrogens with zero attached hydrogens (tertiary/aromatic N) is 3. The van der Waals surface area contributed by atoms with Gasteiger partial charge in [0.2, 0.25) is 0 Å². The van der Waals surface area contributed by atoms with Gasteiger partial charge in [0, 0.05) is 19.0 Å². The van der Waals surface area contributed by atoms with E-state index in [1.165, 1.54) is 42.8 Å². The van der Waals surface area contributed by atoms with E-state index in [9.17, 15) is 0 Å². The second kappa shape index (κ2) is 10.0. The van der Waals surface area contributed by atoms with Crippen molar-refractivity contribution in [2.24, 2.45) is 4.99 Å². The molecule has 0 amide bonds. The quantitative estimate of drug-likeness (QED) is 0.544. The van der Waals surface area contributed by atoms with Crippen LogP contribution in [0.3, 0.4) is 0 Å². The van der Waals surface area contributed by atoms with E-state index in [1.807, 2.05) is 7.05 Å². The van der Waals surface area contributed by atoms with Crippen molar-refractivity contribution in [3.05, 3.63) is 51.5 Å². The number of aromatic nitrogens is 1. The van der Waals surface area contributed by atoms with Gasteiger partial charge in [-0.25, -0.2) is 4.98 Å². The average molecular weight is 400 g/mol. The van der Waals surface area contributed by atoms with Gasteiger partial charge in [-0.1, -0.05) is 43.7 Å². The van der Waals surface area contributed by atoms with Crippen LogP contribution in [0.15, 0.2) is 34.6 Å². The maximum atomic E-state index is 4.70. The number of likely N-dealkylation sites (tertiary alicyclic amines) is 1. The number of hydrogen-bond donors (Lipinski definition) is 2. The first-order valence-corrected chi connectivity index (χ1v) is 11.1. The molecule has 0 spiro atoms. The van der Waals surface area contributed by atoms with E-state index >= 15 is 0 Å². The predicted molar refractivity (Wildman–Crippen MR) is 119 cm³/mol. The maximum absolute atomic E-state index is 4.70. The third-order valence-corrected chi connectivity index (χ3v) is 6.17. The third kappa shape index (κ3) is 5.55. The molecule has 1 fully saturated rings. The lowest BCUT2D eigenvalue weighted by Gasteiger charge is -2.29. The van der Waals surface area contributed by atoms with Crippen LogP contribution in [0, 0.1) is 6.92 Å². The van der Waals surface area contributed by atoms with Crippen molar-refractivity contribution in [3.63, 3.8) is 0 Å². The fraction of sp³-hybridized carbons (Fsp3) is 0.545. The lowest BCUT2D eigenvalue weighted by atomic mass is 10.0. The van der Waals surface area contributed by atoms with E-state index in [0.717, 1.165) is 17.5 Å². The molecule has 1 aliphatic rings. The van der Waals surface area contributed by atoms with Crippen LogP contribution in [0.2, 0.25) is 0 Å². The Labute approximate surface area is 173 Å². The zero-order chi connectivity index (χ0) is 19.9. The van der Waals surface area contributed by atoms with Crippen molar-refractivity contribution in [1.29, 1.82) is 0 Å². The Morgan fingerprint density at radius 2 is 1.89 bits per heavy atom. The van der Waals surface area contributed by atoms with Gasteiger partial charge in [0.15, 0.2) is 5.96 Å². The number of benzene rings is 1. The second-order valence-corrected chi connectivity index (χ2v) is 8.74. The number of rotatable bonds is 7. The van der Waals surface area contributed by atoms with E-state index in [1.54, 1.807) is 11.3 Å². The molecule has 152 valence electrons. The minimum absolute atomic E-state index is 0.369. The van der Waals surface area contributed by atoms with Gasteiger partial charge in [0.05, 0.1) is 18.3 Å². The topological polar surface area (TPSA) is 52.6 Å². The zero-order valence-electron chi connectivity index (χ0n) is 17.5. The molecular formula is C22H33N5S. The first-order valence-electron chi connectivity index (χ1n) is 10.3. The highest BCUT2D eigenvalue weighted by atomic mass is 32.1. The highest BCUT2D eigenvalue weighted by molar-refractivity contribution is 7.09. The van der Waals surface area contributed by atoms with Gasteiger partial charge in [0.1, 0.15) is 5.01 Å². The third-order valence-electron chi connectivity index (χ3n) is 5.30. The summed E-state index contributed by atoms with van der Waals surface area (Å²) in [6.07, 6.45) is 2.58. The summed E-state index contributed by atoms with van der Waals surface area (Å²) in [6.45, 7) is 10.4. The first kappa shape index (κ1) is 20.8. The van der Waals surface area contributed by atoms with Gasteiger partial charge in [-0.05, 0) is 44.3 Å². The fourth-order valence-corrected chi connectivity index (χ4v) is 4.44. The molecule has 2 N–H and O–H groups in total. The summed E-state index contributed by atoms with van der Waals surface area (Å²) < 4.78 is 0. The van der Waals surface area contributed by atoms with Crippen LogP contribution < -0.4 is 10.6 Å². The molecule has 3 rings (SSSR count). The Balaban J connectivity index is 1.59. The molecule has 0 saturated carbocycles. The summed E-state index contributed by atoms with van der Waals surface area (Å²) in [5.74, 6) is 1.30. The normalized spacial score (nSPS) is 16.5. The molecular weight excluding hydrogens is 366 g/mol. The Morgan fingerprint density at radius 3 is 2.50 bits per heavy atom. The summed E-state index contributed by atoms with van der Waals surface area (Å²) in [6, 6.07) is 9.31. The van der Waals surface area contributed by atoms with E-state index in [-0.39, 0.29) is 0 Å². The van der Waals surface area contributed by atoms with Crippen LogP contribution in [0.25, 0.3) is 0 Å². The summed E-state index contributed by atoms with van der Waals surface area (Å²) in [7, 11) is 1.83. The Kier molecular flexibility index (Phi) is 7.45. The molecule has 5 nitrogen and oxygen atoms in total. The standard InChI is InChI=1S/C22H33N5S/c1-16(2)19-15-28-21(26-19)14-25-22(23-4)24-13-20(27-11-5-6-12-27)18-9-7-17(3)8-10-18/h7-10,15-16,20H,5-6,11-14H2,1-4H3,(H2,23,24,25). The molecule has 28 heavy (non-hydrogen) atoms. The van der Waals surface area contributed by atoms with Crippen molar-refractivity contribution in [2.75, 3.05) is 26.7 Å². The highest BCUT2D eigenvalue weighted by Crippen LogP contribution is 2.25. The Morgan fingerprint density at radius 1 is 1.18 bits per heavy atom. The monoisotopic (exact) mass is 399 g/mol. The lowest BCUT2D eigenvalue weighted by molar-refractivity contribution is 0.245. The zero-order valence-corrected chi connectivity index (χ0v) is 18.4. The molecule has 0 aliphatic carbocycles. The van der Waals surface area contributed by atoms with Gasteiger partial charge in [-0.2, -0.15) is 0 Å². The van der Waals surface area contributed by atoms with Gasteiger partial charge in [-0.15, -0.1) is 11.3 Å². The van der Waals surface area contributed by atoms with E-state index in [0.29, 0.717) is 18.5 Å². The molecule has 0 bridgehead atoms. The lowest BCUT2D eigenvalue weighted by Crippen LogP contribution is -2.42. The summed E-state index contributed by atoms with van der Waals surface area (Å²) >= 11 is 1.71. The summed E-state index contributed by atoms with van der Waals surface area (Å²) in [5.41, 5.74) is 3.84. The van der Waals surface area contributed by atoms with Crippen LogP contribution in [0.5, 0.6) is 0 Å². The molecule has 2 heterocycles. The van der Waals surface area contributed by atoms with E-state index in [2.05, 4.69) is 70.9 Å². The molecule has 0 radical (unpaired) electrons. The van der Waals surface area contributed by atoms with E-state index in [4.69, 9.17) is 4.98 Å². The highest BCUT2D eigenvalue weighted by Gasteiger charge is 2.23. The van der Waals surface area contributed by atoms with Crippen LogP contribution in [0.4, 0.5) is 0 Å². The molecule has 1 saturated heterocycles. The predicted octanol–water partition coefficient (Wildman–Crippen LogP) is 4.08. The first-order chi connectivity index (χ1) is 13.6. The Hall–Kier alpha value is -1.92.